The number of aromatic nitrogens is 6. The van der Waals surface area contributed by atoms with E-state index in [0.29, 0.717) is 41.4 Å². The van der Waals surface area contributed by atoms with Gasteiger partial charge in [-0.3, -0.25) is 23.5 Å². The number of imidazole rings is 1. The highest BCUT2D eigenvalue weighted by molar-refractivity contribution is 5.75. The lowest BCUT2D eigenvalue weighted by molar-refractivity contribution is 0.646. The van der Waals surface area contributed by atoms with Gasteiger partial charge in [0.1, 0.15) is 0 Å². The van der Waals surface area contributed by atoms with E-state index in [-0.39, 0.29) is 13.1 Å². The fourth-order valence-corrected chi connectivity index (χ4v) is 3.64. The molecule has 0 radical (unpaired) electrons. The van der Waals surface area contributed by atoms with Crippen LogP contribution in [-0.4, -0.2) is 48.8 Å². The number of hydrogen-bond acceptors (Lipinski definition) is 7. The summed E-state index contributed by atoms with van der Waals surface area (Å²) < 4.78 is 4.30. The Kier molecular flexibility index (Phi) is 5.75. The number of pyridine rings is 2. The number of aryl methyl sites for hydroxylation is 1. The number of nitrogens with zero attached hydrogens (tertiary/aromatic N) is 7. The van der Waals surface area contributed by atoms with Gasteiger partial charge in [-0.2, -0.15) is 4.98 Å². The van der Waals surface area contributed by atoms with Crippen LogP contribution in [0.3, 0.4) is 0 Å². The summed E-state index contributed by atoms with van der Waals surface area (Å²) >= 11 is 0. The first-order valence-corrected chi connectivity index (χ1v) is 10.2. The van der Waals surface area contributed by atoms with Crippen molar-refractivity contribution in [1.82, 2.24) is 28.7 Å². The van der Waals surface area contributed by atoms with Gasteiger partial charge in [0, 0.05) is 33.4 Å². The zero-order valence-corrected chi connectivity index (χ0v) is 18.2. The zero-order valence-electron chi connectivity index (χ0n) is 18.2. The highest BCUT2D eigenvalue weighted by Crippen LogP contribution is 2.18. The number of hydrogen-bond donors (Lipinski definition) is 1. The van der Waals surface area contributed by atoms with Gasteiger partial charge in [-0.1, -0.05) is 5.92 Å². The summed E-state index contributed by atoms with van der Waals surface area (Å²) in [5.41, 5.74) is 7.46. The molecule has 0 saturated heterocycles. The van der Waals surface area contributed by atoms with Crippen LogP contribution in [0.5, 0.6) is 0 Å². The van der Waals surface area contributed by atoms with Gasteiger partial charge in [0.25, 0.3) is 5.56 Å². The molecule has 4 heterocycles. The molecule has 0 aromatic carbocycles. The molecule has 0 bridgehead atoms. The summed E-state index contributed by atoms with van der Waals surface area (Å²) in [4.78, 5) is 41.8. The highest BCUT2D eigenvalue weighted by atomic mass is 16.2. The van der Waals surface area contributed by atoms with E-state index in [1.807, 2.05) is 24.1 Å². The van der Waals surface area contributed by atoms with E-state index >= 15 is 0 Å². The van der Waals surface area contributed by atoms with Gasteiger partial charge >= 0.3 is 5.69 Å². The second-order valence-electron chi connectivity index (χ2n) is 7.38. The summed E-state index contributed by atoms with van der Waals surface area (Å²) in [6.45, 7) is 3.00. The fourth-order valence-electron chi connectivity index (χ4n) is 3.64. The monoisotopic (exact) mass is 432 g/mol. The predicted octanol–water partition coefficient (Wildman–Crippen LogP) is 0.306. The van der Waals surface area contributed by atoms with Crippen molar-refractivity contribution in [3.05, 3.63) is 57.0 Å². The summed E-state index contributed by atoms with van der Waals surface area (Å²) in [5.74, 6) is 6.38. The summed E-state index contributed by atoms with van der Waals surface area (Å²) in [5, 5.41) is 0. The van der Waals surface area contributed by atoms with E-state index in [1.54, 1.807) is 36.9 Å². The molecular formula is C22H24N8O2. The third kappa shape index (κ3) is 3.63. The van der Waals surface area contributed by atoms with E-state index in [9.17, 15) is 9.59 Å². The average molecular weight is 432 g/mol. The Morgan fingerprint density at radius 1 is 1.12 bits per heavy atom. The average Bonchev–Trinajstić information content (AvgIpc) is 3.19. The van der Waals surface area contributed by atoms with Crippen LogP contribution >= 0.6 is 0 Å². The van der Waals surface area contributed by atoms with Crippen molar-refractivity contribution >= 4 is 28.1 Å². The first-order chi connectivity index (χ1) is 15.5. The van der Waals surface area contributed by atoms with E-state index in [4.69, 9.17) is 5.73 Å². The quantitative estimate of drug-likeness (QED) is 0.436. The molecule has 0 saturated carbocycles. The second-order valence-corrected chi connectivity index (χ2v) is 7.38. The number of likely N-dealkylation sites (N-methyl/N-ethyl adjacent to an activating group) is 1. The van der Waals surface area contributed by atoms with Crippen LogP contribution in [0.4, 0.5) is 5.95 Å². The molecular weight excluding hydrogens is 408 g/mol. The lowest BCUT2D eigenvalue weighted by Crippen LogP contribution is -2.40. The second kappa shape index (κ2) is 8.64. The zero-order chi connectivity index (χ0) is 22.8. The molecule has 0 unspecified atom stereocenters. The number of rotatable bonds is 6. The van der Waals surface area contributed by atoms with Crippen molar-refractivity contribution in [3.8, 4) is 11.8 Å². The van der Waals surface area contributed by atoms with Gasteiger partial charge in [-0.15, -0.1) is 5.92 Å². The molecule has 32 heavy (non-hydrogen) atoms. The SMILES string of the molecule is CC#CCn1c(N(C)CCN)nc2c1c(=O)n(Cc1ccc3ncccc3n1)c(=O)n2C. The van der Waals surface area contributed by atoms with Crippen LogP contribution in [0.25, 0.3) is 22.2 Å². The van der Waals surface area contributed by atoms with Gasteiger partial charge in [0.05, 0.1) is 29.8 Å². The number of nitrogens with two attached hydrogens (primary N) is 1. The van der Waals surface area contributed by atoms with Crippen LogP contribution in [0.2, 0.25) is 0 Å². The van der Waals surface area contributed by atoms with E-state index in [1.165, 1.54) is 9.13 Å². The van der Waals surface area contributed by atoms with Crippen molar-refractivity contribution in [2.75, 3.05) is 25.0 Å². The van der Waals surface area contributed by atoms with E-state index in [0.717, 1.165) is 5.52 Å². The Hall–Kier alpha value is -3.97. The molecule has 0 spiro atoms. The molecule has 0 amide bonds. The minimum absolute atomic E-state index is 0.0326. The van der Waals surface area contributed by atoms with Gasteiger partial charge < -0.3 is 10.6 Å². The molecule has 0 aliphatic heterocycles. The van der Waals surface area contributed by atoms with Crippen molar-refractivity contribution in [2.24, 2.45) is 12.8 Å². The molecule has 10 nitrogen and oxygen atoms in total. The van der Waals surface area contributed by atoms with Gasteiger partial charge in [0.2, 0.25) is 5.95 Å². The third-order valence-electron chi connectivity index (χ3n) is 5.27. The largest absolute Gasteiger partial charge is 0.344 e. The smallest absolute Gasteiger partial charge is 0.332 e. The Bertz CT molecular complexity index is 1490. The third-order valence-corrected chi connectivity index (χ3v) is 5.27. The first-order valence-electron chi connectivity index (χ1n) is 10.2. The Labute approximate surface area is 183 Å². The molecule has 4 aromatic heterocycles. The summed E-state index contributed by atoms with van der Waals surface area (Å²) in [6.07, 6.45) is 1.69. The standard InChI is InChI=1S/C22H24N8O2/c1-4-5-12-29-18-19(26-21(29)27(2)13-10-23)28(3)22(32)30(20(18)31)14-15-8-9-16-17(25-15)7-6-11-24-16/h6-9,11H,10,12-14,23H2,1-3H3. The van der Waals surface area contributed by atoms with Crippen molar-refractivity contribution in [2.45, 2.75) is 20.0 Å². The van der Waals surface area contributed by atoms with E-state index in [2.05, 4.69) is 26.8 Å². The summed E-state index contributed by atoms with van der Waals surface area (Å²) in [6, 6.07) is 7.23. The summed E-state index contributed by atoms with van der Waals surface area (Å²) in [7, 11) is 3.45. The minimum Gasteiger partial charge on any atom is -0.344 e. The molecule has 10 heteroatoms. The van der Waals surface area contributed by atoms with Crippen molar-refractivity contribution < 1.29 is 0 Å². The van der Waals surface area contributed by atoms with Crippen LogP contribution in [0, 0.1) is 11.8 Å². The van der Waals surface area contributed by atoms with Crippen LogP contribution < -0.4 is 21.9 Å². The fraction of sp³-hybridized carbons (Fsp3) is 0.318. The van der Waals surface area contributed by atoms with Crippen molar-refractivity contribution in [3.63, 3.8) is 0 Å². The Morgan fingerprint density at radius 2 is 1.94 bits per heavy atom. The molecule has 0 fully saturated rings. The Balaban J connectivity index is 1.92. The van der Waals surface area contributed by atoms with Crippen LogP contribution in [-0.2, 0) is 20.1 Å². The maximum Gasteiger partial charge on any atom is 0.332 e. The van der Waals surface area contributed by atoms with Gasteiger partial charge in [-0.25, -0.2) is 9.78 Å². The minimum atomic E-state index is -0.463. The van der Waals surface area contributed by atoms with Crippen molar-refractivity contribution in [1.29, 1.82) is 0 Å². The van der Waals surface area contributed by atoms with Gasteiger partial charge in [0.15, 0.2) is 11.2 Å². The topological polar surface area (TPSA) is 117 Å². The lowest BCUT2D eigenvalue weighted by atomic mass is 10.2. The van der Waals surface area contributed by atoms with Crippen LogP contribution in [0.15, 0.2) is 40.1 Å². The molecule has 0 aliphatic rings. The van der Waals surface area contributed by atoms with Gasteiger partial charge in [-0.05, 0) is 31.2 Å². The molecule has 164 valence electrons. The van der Waals surface area contributed by atoms with E-state index < -0.39 is 11.2 Å². The number of anilines is 1. The maximum absolute atomic E-state index is 13.5. The predicted molar refractivity (Wildman–Crippen MR) is 124 cm³/mol. The first kappa shape index (κ1) is 21.3. The lowest BCUT2D eigenvalue weighted by Gasteiger charge is -2.17. The highest BCUT2D eigenvalue weighted by Gasteiger charge is 2.22. The Morgan fingerprint density at radius 3 is 2.69 bits per heavy atom. The molecule has 4 aromatic rings. The normalized spacial score (nSPS) is 11.0. The number of fused-ring (bicyclic) bond motifs is 2. The molecule has 2 N–H and O–H groups in total. The molecule has 4 rings (SSSR count). The van der Waals surface area contributed by atoms with Crippen LogP contribution in [0.1, 0.15) is 12.6 Å². The maximum atomic E-state index is 13.5. The molecule has 0 atom stereocenters. The molecule has 0 aliphatic carbocycles.